The van der Waals surface area contributed by atoms with Crippen LogP contribution in [0.2, 0.25) is 5.04 Å². The van der Waals surface area contributed by atoms with Gasteiger partial charge in [0.1, 0.15) is 12.3 Å². The van der Waals surface area contributed by atoms with Crippen LogP contribution in [0, 0.1) is 5.92 Å². The molecule has 41 heavy (non-hydrogen) atoms. The van der Waals surface area contributed by atoms with Crippen LogP contribution < -0.4 is 10.4 Å². The highest BCUT2D eigenvalue weighted by molar-refractivity contribution is 6.99. The number of rotatable bonds is 8. The Labute approximate surface area is 245 Å². The van der Waals surface area contributed by atoms with Crippen molar-refractivity contribution in [1.82, 2.24) is 4.90 Å². The predicted molar refractivity (Wildman–Crippen MR) is 167 cm³/mol. The molecule has 210 valence electrons. The van der Waals surface area contributed by atoms with Gasteiger partial charge in [-0.2, -0.15) is 0 Å². The highest BCUT2D eigenvalue weighted by atomic mass is 28.4. The average molecular weight is 562 g/mol. The predicted octanol–water partition coefficient (Wildman–Crippen LogP) is 6.12. The maximum atomic E-state index is 14.0. The molecule has 4 nitrogen and oxygen atoms in total. The van der Waals surface area contributed by atoms with Crippen molar-refractivity contribution in [2.75, 3.05) is 6.61 Å². The van der Waals surface area contributed by atoms with E-state index in [-0.39, 0.29) is 35.2 Å². The molecule has 5 heteroatoms. The van der Waals surface area contributed by atoms with E-state index in [4.69, 9.17) is 9.16 Å². The number of amides is 1. The summed E-state index contributed by atoms with van der Waals surface area (Å²) in [5.74, 6) is 0.0859. The average Bonchev–Trinajstić information content (AvgIpc) is 3.50. The highest BCUT2D eigenvalue weighted by Gasteiger charge is 2.55. The Bertz CT molecular complexity index is 1400. The van der Waals surface area contributed by atoms with Gasteiger partial charge >= 0.3 is 0 Å². The lowest BCUT2D eigenvalue weighted by Crippen LogP contribution is -2.67. The van der Waals surface area contributed by atoms with Gasteiger partial charge in [-0.05, 0) is 33.0 Å². The molecule has 0 radical (unpaired) electrons. The molecule has 0 saturated carbocycles. The van der Waals surface area contributed by atoms with Crippen molar-refractivity contribution in [2.45, 2.75) is 57.0 Å². The lowest BCUT2D eigenvalue weighted by molar-refractivity contribution is -0.134. The molecule has 4 aromatic rings. The Kier molecular flexibility index (Phi) is 7.69. The first-order valence-corrected chi connectivity index (χ1v) is 16.6. The van der Waals surface area contributed by atoms with Crippen molar-refractivity contribution in [2.24, 2.45) is 5.92 Å². The Balaban J connectivity index is 1.37. The molecule has 0 aromatic heterocycles. The molecule has 0 N–H and O–H groups in total. The topological polar surface area (TPSA) is 38.8 Å². The van der Waals surface area contributed by atoms with Crippen molar-refractivity contribution < 1.29 is 14.0 Å². The van der Waals surface area contributed by atoms with Gasteiger partial charge in [0.05, 0.1) is 12.6 Å². The van der Waals surface area contributed by atoms with Crippen LogP contribution in [0.15, 0.2) is 121 Å². The zero-order valence-electron chi connectivity index (χ0n) is 24.1. The van der Waals surface area contributed by atoms with Crippen molar-refractivity contribution in [1.29, 1.82) is 0 Å². The van der Waals surface area contributed by atoms with Crippen LogP contribution in [0.5, 0.6) is 0 Å². The van der Waals surface area contributed by atoms with E-state index in [1.807, 2.05) is 41.3 Å². The fraction of sp³-hybridized carbons (Fsp3) is 0.306. The molecule has 0 bridgehead atoms. The first kappa shape index (κ1) is 27.6. The lowest BCUT2D eigenvalue weighted by Gasteiger charge is -2.44. The smallest absolute Gasteiger partial charge is 0.261 e. The van der Waals surface area contributed by atoms with E-state index >= 15 is 0 Å². The molecule has 1 amide bonds. The number of hydrogen-bond donors (Lipinski definition) is 0. The third-order valence-corrected chi connectivity index (χ3v) is 13.8. The fourth-order valence-electron chi connectivity index (χ4n) is 6.87. The molecule has 2 fully saturated rings. The normalized spacial score (nSPS) is 22.6. The Morgan fingerprint density at radius 1 is 0.780 bits per heavy atom. The van der Waals surface area contributed by atoms with E-state index in [1.54, 1.807) is 0 Å². The number of nitrogens with zero attached hydrogens (tertiary/aromatic N) is 1. The molecule has 6 rings (SSSR count). The second kappa shape index (κ2) is 11.4. The molecule has 2 heterocycles. The van der Waals surface area contributed by atoms with Crippen LogP contribution in [-0.4, -0.2) is 38.0 Å². The first-order valence-electron chi connectivity index (χ1n) is 14.7. The molecule has 0 aliphatic carbocycles. The van der Waals surface area contributed by atoms with E-state index in [1.165, 1.54) is 15.9 Å². The minimum Gasteiger partial charge on any atom is -0.405 e. The lowest BCUT2D eigenvalue weighted by atomic mass is 9.97. The third-order valence-electron chi connectivity index (χ3n) is 8.75. The highest BCUT2D eigenvalue weighted by Crippen LogP contribution is 2.44. The maximum absolute atomic E-state index is 14.0. The van der Waals surface area contributed by atoms with Crippen molar-refractivity contribution in [3.63, 3.8) is 0 Å². The van der Waals surface area contributed by atoms with Gasteiger partial charge in [0.25, 0.3) is 8.32 Å². The van der Waals surface area contributed by atoms with Gasteiger partial charge in [0, 0.05) is 12.3 Å². The standard InChI is InChI=1S/C36H39NO3Si/c1-36(2,3)41(30-20-12-6-13-21-30,31-22-14-7-15-23-31)39-26-32-34(28-18-10-5-11-19-28)40-33-25-29(35(38)37(32)33)24-27-16-8-4-9-17-27/h4-23,29,32-34H,24-26H2,1-3H3/t29?,32-,33?,34-/m0/s1. The minimum absolute atomic E-state index is 0.0884. The molecule has 0 spiro atoms. The van der Waals surface area contributed by atoms with Crippen LogP contribution in [0.4, 0.5) is 0 Å². The largest absolute Gasteiger partial charge is 0.405 e. The summed E-state index contributed by atoms with van der Waals surface area (Å²) < 4.78 is 14.1. The Morgan fingerprint density at radius 2 is 1.29 bits per heavy atom. The van der Waals surface area contributed by atoms with Crippen molar-refractivity contribution in [3.05, 3.63) is 132 Å². The van der Waals surface area contributed by atoms with Crippen LogP contribution in [0.1, 0.15) is 44.4 Å². The number of hydrogen-bond acceptors (Lipinski definition) is 3. The van der Waals surface area contributed by atoms with E-state index in [0.717, 1.165) is 12.0 Å². The molecule has 4 atom stereocenters. The quantitative estimate of drug-likeness (QED) is 0.243. The number of ether oxygens (including phenoxy) is 1. The van der Waals surface area contributed by atoms with E-state index in [0.29, 0.717) is 13.0 Å². The van der Waals surface area contributed by atoms with Gasteiger partial charge in [0.15, 0.2) is 0 Å². The van der Waals surface area contributed by atoms with Gasteiger partial charge in [-0.1, -0.05) is 142 Å². The third kappa shape index (κ3) is 5.18. The van der Waals surface area contributed by atoms with Gasteiger partial charge in [-0.3, -0.25) is 4.79 Å². The Hall–Kier alpha value is -3.51. The minimum atomic E-state index is -2.78. The van der Waals surface area contributed by atoms with Crippen molar-refractivity contribution >= 4 is 24.6 Å². The molecule has 2 aliphatic rings. The van der Waals surface area contributed by atoms with E-state index < -0.39 is 8.32 Å². The molecule has 2 unspecified atom stereocenters. The van der Waals surface area contributed by atoms with E-state index in [9.17, 15) is 4.79 Å². The van der Waals surface area contributed by atoms with E-state index in [2.05, 4.69) is 106 Å². The second-order valence-corrected chi connectivity index (χ2v) is 16.6. The summed E-state index contributed by atoms with van der Waals surface area (Å²) in [6, 6.07) is 41.8. The SMILES string of the molecule is CC(C)(C)[Si](OC[C@H]1[C@H](c2ccccc2)OC2CC(Cc3ccccc3)C(=O)N21)(c1ccccc1)c1ccccc1. The summed E-state index contributed by atoms with van der Waals surface area (Å²) in [5.41, 5.74) is 2.28. The van der Waals surface area contributed by atoms with Gasteiger partial charge in [-0.15, -0.1) is 0 Å². The van der Waals surface area contributed by atoms with Crippen LogP contribution in [0.25, 0.3) is 0 Å². The summed E-state index contributed by atoms with van der Waals surface area (Å²) in [6.45, 7) is 7.28. The number of benzene rings is 4. The van der Waals surface area contributed by atoms with Crippen molar-refractivity contribution in [3.8, 4) is 0 Å². The summed E-state index contributed by atoms with van der Waals surface area (Å²) in [5, 5.41) is 2.32. The first-order chi connectivity index (χ1) is 19.9. The van der Waals surface area contributed by atoms with Gasteiger partial charge in [0.2, 0.25) is 5.91 Å². The zero-order valence-corrected chi connectivity index (χ0v) is 25.1. The second-order valence-electron chi connectivity index (χ2n) is 12.3. The Morgan fingerprint density at radius 3 is 1.83 bits per heavy atom. The van der Waals surface area contributed by atoms with Gasteiger partial charge < -0.3 is 14.1 Å². The number of carbonyl (C=O) groups is 1. The monoisotopic (exact) mass is 561 g/mol. The maximum Gasteiger partial charge on any atom is 0.261 e. The molecule has 4 aromatic carbocycles. The number of fused-ring (bicyclic) bond motifs is 1. The zero-order chi connectivity index (χ0) is 28.5. The molecule has 2 aliphatic heterocycles. The number of carbonyl (C=O) groups excluding carboxylic acids is 1. The molecule has 2 saturated heterocycles. The van der Waals surface area contributed by atoms with Crippen LogP contribution >= 0.6 is 0 Å². The molecular weight excluding hydrogens is 522 g/mol. The van der Waals surface area contributed by atoms with Gasteiger partial charge in [-0.25, -0.2) is 0 Å². The summed E-state index contributed by atoms with van der Waals surface area (Å²) in [4.78, 5) is 16.1. The van der Waals surface area contributed by atoms with Crippen LogP contribution in [-0.2, 0) is 20.4 Å². The fourth-order valence-corrected chi connectivity index (χ4v) is 11.4. The molecular formula is C36H39NO3Si. The summed E-state index contributed by atoms with van der Waals surface area (Å²) >= 11 is 0. The summed E-state index contributed by atoms with van der Waals surface area (Å²) in [7, 11) is -2.78. The summed E-state index contributed by atoms with van der Waals surface area (Å²) in [6.07, 6.45) is 0.955. The van der Waals surface area contributed by atoms with Crippen LogP contribution in [0.3, 0.4) is 0 Å².